The number of carbonyl (C=O) groups excluding carboxylic acids is 1. The summed E-state index contributed by atoms with van der Waals surface area (Å²) in [5.41, 5.74) is 3.07. The highest BCUT2D eigenvalue weighted by atomic mass is 19.4. The van der Waals surface area contributed by atoms with Crippen LogP contribution in [-0.4, -0.2) is 23.8 Å². The van der Waals surface area contributed by atoms with Crippen LogP contribution in [0.15, 0.2) is 103 Å². The van der Waals surface area contributed by atoms with Gasteiger partial charge in [-0.25, -0.2) is 4.99 Å². The van der Waals surface area contributed by atoms with Crippen molar-refractivity contribution in [2.45, 2.75) is 26.1 Å². The predicted octanol–water partition coefficient (Wildman–Crippen LogP) is 7.25. The average Bonchev–Trinajstić information content (AvgIpc) is 2.97. The molecular weight excluding hydrogens is 529 g/mol. The van der Waals surface area contributed by atoms with Crippen LogP contribution >= 0.6 is 0 Å². The highest BCUT2D eigenvalue weighted by molar-refractivity contribution is 6.07. The molecule has 0 fully saturated rings. The Morgan fingerprint density at radius 1 is 1.00 bits per heavy atom. The molecule has 3 aromatic carbocycles. The monoisotopic (exact) mass is 558 g/mol. The standard InChI is InChI=1S/C32H29F3N4O2/c1-20-14-15-26(41-4)18-28(20)30(37-22(3)24-10-8-16-36-19-24)39-29-13-6-5-12-27(29)31(40)38-21(2)23-9-7-11-25(17-23)32(33,34)35/h5-19,21H,3H2,1-2,4H3,(H,37,39)(H,38,40). The molecule has 4 aromatic rings. The van der Waals surface area contributed by atoms with E-state index in [0.717, 1.165) is 28.8 Å². The minimum absolute atomic E-state index is 0.248. The fourth-order valence-electron chi connectivity index (χ4n) is 4.12. The predicted molar refractivity (Wildman–Crippen MR) is 154 cm³/mol. The number of hydrogen-bond acceptors (Lipinski definition) is 4. The first kappa shape index (κ1) is 29.1. The number of pyridine rings is 1. The quantitative estimate of drug-likeness (QED) is 0.177. The van der Waals surface area contributed by atoms with E-state index in [0.29, 0.717) is 28.5 Å². The lowest BCUT2D eigenvalue weighted by Gasteiger charge is -2.18. The summed E-state index contributed by atoms with van der Waals surface area (Å²) in [6, 6.07) is 20.2. The maximum Gasteiger partial charge on any atom is 0.416 e. The van der Waals surface area contributed by atoms with Crippen molar-refractivity contribution in [3.8, 4) is 5.75 Å². The number of amidine groups is 1. The van der Waals surface area contributed by atoms with Crippen LogP contribution in [0.5, 0.6) is 5.75 Å². The van der Waals surface area contributed by atoms with Gasteiger partial charge in [-0.05, 0) is 73.5 Å². The molecule has 6 nitrogen and oxygen atoms in total. The number of aryl methyl sites for hydroxylation is 1. The zero-order valence-electron chi connectivity index (χ0n) is 22.8. The molecule has 0 spiro atoms. The molecular formula is C32H29F3N4O2. The van der Waals surface area contributed by atoms with E-state index >= 15 is 0 Å². The molecule has 0 saturated heterocycles. The summed E-state index contributed by atoms with van der Waals surface area (Å²) in [5.74, 6) is 0.552. The molecule has 0 bridgehead atoms. The van der Waals surface area contributed by atoms with Crippen molar-refractivity contribution in [1.82, 2.24) is 15.6 Å². The molecule has 0 aliphatic carbocycles. The van der Waals surface area contributed by atoms with E-state index in [1.807, 2.05) is 31.2 Å². The van der Waals surface area contributed by atoms with Crippen LogP contribution in [0, 0.1) is 6.92 Å². The summed E-state index contributed by atoms with van der Waals surface area (Å²) < 4.78 is 45.1. The van der Waals surface area contributed by atoms with Gasteiger partial charge in [0, 0.05) is 29.2 Å². The number of nitrogens with zero attached hydrogens (tertiary/aromatic N) is 2. The summed E-state index contributed by atoms with van der Waals surface area (Å²) in [6.45, 7) is 7.69. The highest BCUT2D eigenvalue weighted by Gasteiger charge is 2.31. The lowest BCUT2D eigenvalue weighted by molar-refractivity contribution is -0.137. The molecule has 1 unspecified atom stereocenters. The van der Waals surface area contributed by atoms with Crippen LogP contribution in [0.3, 0.4) is 0 Å². The topological polar surface area (TPSA) is 75.6 Å². The summed E-state index contributed by atoms with van der Waals surface area (Å²) in [5, 5.41) is 6.06. The number of amides is 1. The minimum atomic E-state index is -4.48. The lowest BCUT2D eigenvalue weighted by atomic mass is 10.0. The number of ether oxygens (including phenoxy) is 1. The van der Waals surface area contributed by atoms with E-state index in [1.165, 1.54) is 6.07 Å². The van der Waals surface area contributed by atoms with E-state index in [2.05, 4.69) is 22.2 Å². The minimum Gasteiger partial charge on any atom is -0.497 e. The van der Waals surface area contributed by atoms with Crippen molar-refractivity contribution in [2.75, 3.05) is 7.11 Å². The Bertz CT molecular complexity index is 1580. The molecule has 0 aliphatic heterocycles. The smallest absolute Gasteiger partial charge is 0.416 e. The molecule has 210 valence electrons. The lowest BCUT2D eigenvalue weighted by Crippen LogP contribution is -2.27. The van der Waals surface area contributed by atoms with Crippen molar-refractivity contribution >= 4 is 23.1 Å². The molecule has 1 heterocycles. The van der Waals surface area contributed by atoms with Crippen molar-refractivity contribution < 1.29 is 22.7 Å². The first-order valence-electron chi connectivity index (χ1n) is 12.7. The molecule has 0 radical (unpaired) electrons. The third-order valence-electron chi connectivity index (χ3n) is 6.42. The Morgan fingerprint density at radius 3 is 2.49 bits per heavy atom. The Morgan fingerprint density at radius 2 is 1.78 bits per heavy atom. The fraction of sp³-hybridized carbons (Fsp3) is 0.156. The average molecular weight is 559 g/mol. The van der Waals surface area contributed by atoms with Crippen LogP contribution < -0.4 is 15.4 Å². The summed E-state index contributed by atoms with van der Waals surface area (Å²) in [7, 11) is 1.57. The highest BCUT2D eigenvalue weighted by Crippen LogP contribution is 2.31. The molecule has 1 atom stereocenters. The number of benzene rings is 3. The van der Waals surface area contributed by atoms with Gasteiger partial charge in [-0.1, -0.05) is 36.9 Å². The van der Waals surface area contributed by atoms with Gasteiger partial charge >= 0.3 is 6.18 Å². The van der Waals surface area contributed by atoms with Crippen LogP contribution in [0.1, 0.15) is 51.1 Å². The first-order valence-corrected chi connectivity index (χ1v) is 12.7. The maximum absolute atomic E-state index is 13.4. The normalized spacial score (nSPS) is 12.4. The van der Waals surface area contributed by atoms with Crippen LogP contribution in [0.4, 0.5) is 18.9 Å². The van der Waals surface area contributed by atoms with E-state index in [4.69, 9.17) is 9.73 Å². The van der Waals surface area contributed by atoms with E-state index < -0.39 is 23.7 Å². The van der Waals surface area contributed by atoms with Gasteiger partial charge in [0.1, 0.15) is 11.6 Å². The third kappa shape index (κ3) is 7.19. The van der Waals surface area contributed by atoms with Gasteiger partial charge in [-0.15, -0.1) is 0 Å². The number of rotatable bonds is 8. The van der Waals surface area contributed by atoms with Crippen LogP contribution in [0.25, 0.3) is 5.70 Å². The van der Waals surface area contributed by atoms with Crippen molar-refractivity contribution in [1.29, 1.82) is 0 Å². The van der Waals surface area contributed by atoms with Gasteiger partial charge in [-0.3, -0.25) is 9.78 Å². The number of methoxy groups -OCH3 is 1. The zero-order chi connectivity index (χ0) is 29.6. The van der Waals surface area contributed by atoms with Crippen molar-refractivity contribution in [3.05, 3.63) is 131 Å². The Kier molecular flexibility index (Phi) is 8.87. The fourth-order valence-corrected chi connectivity index (χ4v) is 4.12. The van der Waals surface area contributed by atoms with Crippen LogP contribution in [0.2, 0.25) is 0 Å². The number of aliphatic imine (C=N–C) groups is 1. The number of aromatic nitrogens is 1. The first-order chi connectivity index (χ1) is 19.6. The largest absolute Gasteiger partial charge is 0.497 e. The summed E-state index contributed by atoms with van der Waals surface area (Å²) in [6.07, 6.45) is -1.16. The van der Waals surface area contributed by atoms with E-state index in [9.17, 15) is 18.0 Å². The number of alkyl halides is 3. The molecule has 2 N–H and O–H groups in total. The molecule has 9 heteroatoms. The van der Waals surface area contributed by atoms with Gasteiger partial charge in [0.05, 0.1) is 30.0 Å². The summed E-state index contributed by atoms with van der Waals surface area (Å²) in [4.78, 5) is 22.4. The molecule has 4 rings (SSSR count). The number of hydrogen-bond donors (Lipinski definition) is 2. The van der Waals surface area contributed by atoms with E-state index in [1.54, 1.807) is 62.8 Å². The van der Waals surface area contributed by atoms with Crippen molar-refractivity contribution in [2.24, 2.45) is 4.99 Å². The van der Waals surface area contributed by atoms with Crippen molar-refractivity contribution in [3.63, 3.8) is 0 Å². The molecule has 0 saturated carbocycles. The third-order valence-corrected chi connectivity index (χ3v) is 6.42. The number of para-hydroxylation sites is 1. The summed E-state index contributed by atoms with van der Waals surface area (Å²) >= 11 is 0. The number of nitrogens with one attached hydrogen (secondary N) is 2. The molecule has 1 aromatic heterocycles. The van der Waals surface area contributed by atoms with Crippen LogP contribution in [-0.2, 0) is 6.18 Å². The Labute approximate surface area is 236 Å². The Balaban J connectivity index is 1.70. The second kappa shape index (κ2) is 12.5. The van der Waals surface area contributed by atoms with Gasteiger partial charge in [0.25, 0.3) is 5.91 Å². The molecule has 0 aliphatic rings. The molecule has 41 heavy (non-hydrogen) atoms. The van der Waals surface area contributed by atoms with Gasteiger partial charge in [-0.2, -0.15) is 13.2 Å². The SMILES string of the molecule is C=C(NC(=Nc1ccccc1C(=O)NC(C)c1cccc(C(F)(F)F)c1)c1cc(OC)ccc1C)c1cccnc1. The second-order valence-corrected chi connectivity index (χ2v) is 9.32. The maximum atomic E-state index is 13.4. The van der Waals surface area contributed by atoms with Gasteiger partial charge < -0.3 is 15.4 Å². The molecule has 1 amide bonds. The van der Waals surface area contributed by atoms with Gasteiger partial charge in [0.2, 0.25) is 0 Å². The number of halogens is 3. The van der Waals surface area contributed by atoms with Gasteiger partial charge in [0.15, 0.2) is 0 Å². The second-order valence-electron chi connectivity index (χ2n) is 9.32. The number of carbonyl (C=O) groups is 1. The zero-order valence-corrected chi connectivity index (χ0v) is 22.8. The van der Waals surface area contributed by atoms with E-state index in [-0.39, 0.29) is 5.56 Å². The Hall–Kier alpha value is -4.92.